The van der Waals surface area contributed by atoms with Gasteiger partial charge in [-0.15, -0.1) is 0 Å². The molecule has 0 saturated carbocycles. The predicted octanol–water partition coefficient (Wildman–Crippen LogP) is 2.55. The molecule has 1 aliphatic heterocycles. The van der Waals surface area contributed by atoms with Crippen LogP contribution in [0.4, 0.5) is 5.69 Å². The minimum absolute atomic E-state index is 0.148. The van der Waals surface area contributed by atoms with Crippen LogP contribution < -0.4 is 4.90 Å². The minimum atomic E-state index is 0.148. The van der Waals surface area contributed by atoms with Crippen molar-refractivity contribution in [2.45, 2.75) is 13.3 Å². The minimum Gasteiger partial charge on any atom is -0.368 e. The predicted molar refractivity (Wildman–Crippen MR) is 89.3 cm³/mol. The Kier molecular flexibility index (Phi) is 4.18. The number of carbonyl (C=O) groups is 1. The standard InChI is InChI=1S/C18H23N3O/c1-3-15-13-17(19(2)14-15)18(22)21-11-9-20(10-12-21)16-7-5-4-6-8-16/h4-8,13-14H,3,9-12H2,1-2H3. The van der Waals surface area contributed by atoms with E-state index in [-0.39, 0.29) is 5.91 Å². The van der Waals surface area contributed by atoms with Crippen LogP contribution in [0, 0.1) is 0 Å². The molecular weight excluding hydrogens is 274 g/mol. The molecule has 0 radical (unpaired) electrons. The summed E-state index contributed by atoms with van der Waals surface area (Å²) >= 11 is 0. The number of hydrogen-bond acceptors (Lipinski definition) is 2. The zero-order valence-corrected chi connectivity index (χ0v) is 13.3. The third-order valence-corrected chi connectivity index (χ3v) is 4.38. The quantitative estimate of drug-likeness (QED) is 0.871. The smallest absolute Gasteiger partial charge is 0.270 e. The number of piperazine rings is 1. The lowest BCUT2D eigenvalue weighted by Gasteiger charge is -2.36. The average molecular weight is 297 g/mol. The summed E-state index contributed by atoms with van der Waals surface area (Å²) in [4.78, 5) is 17.0. The first-order valence-corrected chi connectivity index (χ1v) is 7.93. The molecule has 116 valence electrons. The number of rotatable bonds is 3. The summed E-state index contributed by atoms with van der Waals surface area (Å²) in [6.07, 6.45) is 3.01. The van der Waals surface area contributed by atoms with Crippen molar-refractivity contribution in [3.8, 4) is 0 Å². The van der Waals surface area contributed by atoms with E-state index in [2.05, 4.69) is 36.1 Å². The third-order valence-electron chi connectivity index (χ3n) is 4.38. The van der Waals surface area contributed by atoms with Gasteiger partial charge in [-0.3, -0.25) is 4.79 Å². The van der Waals surface area contributed by atoms with Gasteiger partial charge < -0.3 is 14.4 Å². The van der Waals surface area contributed by atoms with Gasteiger partial charge in [-0.05, 0) is 30.2 Å². The number of nitrogens with zero attached hydrogens (tertiary/aromatic N) is 3. The molecule has 22 heavy (non-hydrogen) atoms. The first-order valence-electron chi connectivity index (χ1n) is 7.93. The molecule has 2 heterocycles. The molecule has 1 aromatic carbocycles. The molecule has 1 aromatic heterocycles. The van der Waals surface area contributed by atoms with Crippen molar-refractivity contribution in [3.05, 3.63) is 53.9 Å². The number of para-hydroxylation sites is 1. The lowest BCUT2D eigenvalue weighted by molar-refractivity contribution is 0.0737. The van der Waals surface area contributed by atoms with E-state index in [1.54, 1.807) is 0 Å². The molecule has 3 rings (SSSR count). The van der Waals surface area contributed by atoms with Crippen molar-refractivity contribution in [3.63, 3.8) is 0 Å². The highest BCUT2D eigenvalue weighted by Crippen LogP contribution is 2.17. The Labute approximate surface area is 132 Å². The molecule has 1 amide bonds. The molecule has 1 aliphatic rings. The van der Waals surface area contributed by atoms with E-state index in [0.717, 1.165) is 38.3 Å². The summed E-state index contributed by atoms with van der Waals surface area (Å²) in [5.41, 5.74) is 3.25. The fourth-order valence-electron chi connectivity index (χ4n) is 3.01. The summed E-state index contributed by atoms with van der Waals surface area (Å²) in [5.74, 6) is 0.148. The first-order chi connectivity index (χ1) is 10.7. The largest absolute Gasteiger partial charge is 0.368 e. The number of anilines is 1. The van der Waals surface area contributed by atoms with Crippen LogP contribution >= 0.6 is 0 Å². The molecule has 0 aliphatic carbocycles. The van der Waals surface area contributed by atoms with Gasteiger partial charge in [-0.2, -0.15) is 0 Å². The summed E-state index contributed by atoms with van der Waals surface area (Å²) in [5, 5.41) is 0. The molecule has 0 N–H and O–H groups in total. The fourth-order valence-corrected chi connectivity index (χ4v) is 3.01. The summed E-state index contributed by atoms with van der Waals surface area (Å²) in [6.45, 7) is 5.45. The number of aromatic nitrogens is 1. The van der Waals surface area contributed by atoms with Crippen molar-refractivity contribution in [2.24, 2.45) is 7.05 Å². The Morgan fingerprint density at radius 2 is 1.77 bits per heavy atom. The first kappa shape index (κ1) is 14.7. The molecule has 1 saturated heterocycles. The van der Waals surface area contributed by atoms with Gasteiger partial charge in [-0.25, -0.2) is 0 Å². The van der Waals surface area contributed by atoms with Gasteiger partial charge in [0.15, 0.2) is 0 Å². The molecule has 0 bridgehead atoms. The van der Waals surface area contributed by atoms with Gasteiger partial charge in [0.1, 0.15) is 5.69 Å². The molecule has 0 unspecified atom stereocenters. The van der Waals surface area contributed by atoms with E-state index in [1.165, 1.54) is 11.3 Å². The molecule has 4 nitrogen and oxygen atoms in total. The van der Waals surface area contributed by atoms with Crippen molar-refractivity contribution in [1.29, 1.82) is 0 Å². The van der Waals surface area contributed by atoms with Crippen LogP contribution in [-0.2, 0) is 13.5 Å². The van der Waals surface area contributed by atoms with Gasteiger partial charge >= 0.3 is 0 Å². The lowest BCUT2D eigenvalue weighted by atomic mass is 10.2. The molecule has 4 heteroatoms. The number of aryl methyl sites for hydroxylation is 2. The van der Waals surface area contributed by atoms with Crippen LogP contribution in [0.15, 0.2) is 42.6 Å². The lowest BCUT2D eigenvalue weighted by Crippen LogP contribution is -2.49. The van der Waals surface area contributed by atoms with Crippen molar-refractivity contribution in [2.75, 3.05) is 31.1 Å². The van der Waals surface area contributed by atoms with Gasteiger partial charge in [0.25, 0.3) is 5.91 Å². The van der Waals surface area contributed by atoms with Crippen LogP contribution in [0.5, 0.6) is 0 Å². The highest BCUT2D eigenvalue weighted by atomic mass is 16.2. The topological polar surface area (TPSA) is 28.5 Å². The van der Waals surface area contributed by atoms with E-state index >= 15 is 0 Å². The summed E-state index contributed by atoms with van der Waals surface area (Å²) in [6, 6.07) is 12.4. The van der Waals surface area contributed by atoms with E-state index in [1.807, 2.05) is 34.8 Å². The van der Waals surface area contributed by atoms with Gasteiger partial charge in [0, 0.05) is 45.1 Å². The Balaban J connectivity index is 1.66. The molecule has 0 atom stereocenters. The average Bonchev–Trinajstić information content (AvgIpc) is 2.96. The van der Waals surface area contributed by atoms with Crippen molar-refractivity contribution in [1.82, 2.24) is 9.47 Å². The molecular formula is C18H23N3O. The van der Waals surface area contributed by atoms with Crippen LogP contribution in [0.2, 0.25) is 0 Å². The van der Waals surface area contributed by atoms with Crippen LogP contribution in [0.3, 0.4) is 0 Å². The summed E-state index contributed by atoms with van der Waals surface area (Å²) < 4.78 is 1.95. The Hall–Kier alpha value is -2.23. The maximum Gasteiger partial charge on any atom is 0.270 e. The molecule has 2 aromatic rings. The molecule has 1 fully saturated rings. The van der Waals surface area contributed by atoms with Crippen LogP contribution in [-0.4, -0.2) is 41.6 Å². The van der Waals surface area contributed by atoms with Crippen LogP contribution in [0.25, 0.3) is 0 Å². The highest BCUT2D eigenvalue weighted by molar-refractivity contribution is 5.93. The highest BCUT2D eigenvalue weighted by Gasteiger charge is 2.24. The maximum atomic E-state index is 12.7. The van der Waals surface area contributed by atoms with Crippen molar-refractivity contribution < 1.29 is 4.79 Å². The van der Waals surface area contributed by atoms with Gasteiger partial charge in [0.2, 0.25) is 0 Å². The van der Waals surface area contributed by atoms with E-state index in [9.17, 15) is 4.79 Å². The fraction of sp³-hybridized carbons (Fsp3) is 0.389. The Morgan fingerprint density at radius 1 is 1.09 bits per heavy atom. The monoisotopic (exact) mass is 297 g/mol. The second kappa shape index (κ2) is 6.26. The SMILES string of the molecule is CCc1cc(C(=O)N2CCN(c3ccccc3)CC2)n(C)c1. The zero-order chi connectivity index (χ0) is 15.5. The number of amides is 1. The van der Waals surface area contributed by atoms with E-state index in [0.29, 0.717) is 0 Å². The number of hydrogen-bond donors (Lipinski definition) is 0. The molecule has 0 spiro atoms. The maximum absolute atomic E-state index is 12.7. The normalized spacial score (nSPS) is 15.2. The number of benzene rings is 1. The van der Waals surface area contributed by atoms with E-state index in [4.69, 9.17) is 0 Å². The van der Waals surface area contributed by atoms with E-state index < -0.39 is 0 Å². The Bertz CT molecular complexity index is 640. The summed E-state index contributed by atoms with van der Waals surface area (Å²) in [7, 11) is 1.95. The third kappa shape index (κ3) is 2.86. The zero-order valence-electron chi connectivity index (χ0n) is 13.3. The van der Waals surface area contributed by atoms with Gasteiger partial charge in [0.05, 0.1) is 0 Å². The second-order valence-electron chi connectivity index (χ2n) is 5.81. The van der Waals surface area contributed by atoms with Crippen molar-refractivity contribution >= 4 is 11.6 Å². The van der Waals surface area contributed by atoms with Crippen LogP contribution in [0.1, 0.15) is 23.0 Å². The Morgan fingerprint density at radius 3 is 2.36 bits per heavy atom. The second-order valence-corrected chi connectivity index (χ2v) is 5.81. The number of carbonyl (C=O) groups excluding carboxylic acids is 1. The van der Waals surface area contributed by atoms with Gasteiger partial charge in [-0.1, -0.05) is 25.1 Å².